The zero-order chi connectivity index (χ0) is 15.6. The van der Waals surface area contributed by atoms with Gasteiger partial charge in [0.05, 0.1) is 4.47 Å². The zero-order valence-corrected chi connectivity index (χ0v) is 15.0. The maximum absolute atomic E-state index is 6.07. The van der Waals surface area contributed by atoms with Crippen LogP contribution in [-0.4, -0.2) is 7.05 Å². The molecule has 2 nitrogen and oxygen atoms in total. The summed E-state index contributed by atoms with van der Waals surface area (Å²) in [5, 5.41) is 3.96. The molecule has 0 amide bonds. The van der Waals surface area contributed by atoms with Crippen LogP contribution in [0.5, 0.6) is 11.5 Å². The van der Waals surface area contributed by atoms with Crippen LogP contribution in [0.3, 0.4) is 0 Å². The monoisotopic (exact) mass is 367 g/mol. The van der Waals surface area contributed by atoms with Crippen LogP contribution in [0.2, 0.25) is 5.02 Å². The van der Waals surface area contributed by atoms with Crippen molar-refractivity contribution in [3.8, 4) is 11.5 Å². The van der Waals surface area contributed by atoms with Gasteiger partial charge in [0.15, 0.2) is 0 Å². The predicted octanol–water partition coefficient (Wildman–Crippen LogP) is 5.79. The fourth-order valence-corrected chi connectivity index (χ4v) is 3.01. The van der Waals surface area contributed by atoms with Crippen molar-refractivity contribution in [3.05, 3.63) is 56.5 Å². The summed E-state index contributed by atoms with van der Waals surface area (Å²) in [5.41, 5.74) is 3.26. The number of hydrogen-bond acceptors (Lipinski definition) is 2. The van der Waals surface area contributed by atoms with Gasteiger partial charge in [-0.05, 0) is 84.7 Å². The largest absolute Gasteiger partial charge is 0.456 e. The molecule has 4 heteroatoms. The van der Waals surface area contributed by atoms with E-state index in [9.17, 15) is 0 Å². The van der Waals surface area contributed by atoms with E-state index in [1.54, 1.807) is 0 Å². The van der Waals surface area contributed by atoms with E-state index in [1.807, 2.05) is 39.1 Å². The van der Waals surface area contributed by atoms with Crippen LogP contribution in [0, 0.1) is 13.8 Å². The summed E-state index contributed by atoms with van der Waals surface area (Å²) in [6.45, 7) is 6.12. The van der Waals surface area contributed by atoms with Crippen molar-refractivity contribution in [2.24, 2.45) is 0 Å². The highest BCUT2D eigenvalue weighted by Crippen LogP contribution is 2.36. The van der Waals surface area contributed by atoms with Crippen molar-refractivity contribution in [1.82, 2.24) is 5.32 Å². The highest BCUT2D eigenvalue weighted by Gasteiger charge is 2.11. The van der Waals surface area contributed by atoms with E-state index in [1.165, 1.54) is 5.56 Å². The lowest BCUT2D eigenvalue weighted by molar-refractivity contribution is 0.471. The van der Waals surface area contributed by atoms with E-state index in [-0.39, 0.29) is 0 Å². The van der Waals surface area contributed by atoms with Crippen molar-refractivity contribution in [2.45, 2.75) is 26.8 Å². The molecule has 1 unspecified atom stereocenters. The molecule has 0 radical (unpaired) electrons. The molecule has 0 saturated carbocycles. The van der Waals surface area contributed by atoms with E-state index in [0.29, 0.717) is 6.04 Å². The third kappa shape index (κ3) is 3.79. The Morgan fingerprint density at radius 3 is 2.29 bits per heavy atom. The number of aryl methyl sites for hydroxylation is 2. The average molecular weight is 369 g/mol. The molecule has 0 fully saturated rings. The molecule has 2 aromatic rings. The van der Waals surface area contributed by atoms with Gasteiger partial charge in [0.1, 0.15) is 11.5 Å². The van der Waals surface area contributed by atoms with Crippen LogP contribution in [0.1, 0.15) is 29.7 Å². The second kappa shape index (κ2) is 6.82. The Hall–Kier alpha value is -1.03. The van der Waals surface area contributed by atoms with Gasteiger partial charge < -0.3 is 10.1 Å². The van der Waals surface area contributed by atoms with Crippen LogP contribution >= 0.6 is 27.5 Å². The Morgan fingerprint density at radius 2 is 1.76 bits per heavy atom. The summed E-state index contributed by atoms with van der Waals surface area (Å²) in [6.07, 6.45) is 0. The molecule has 112 valence electrons. The second-order valence-corrected chi connectivity index (χ2v) is 6.46. The van der Waals surface area contributed by atoms with E-state index < -0.39 is 0 Å². The lowest BCUT2D eigenvalue weighted by Gasteiger charge is -2.16. The second-order valence-electron chi connectivity index (χ2n) is 5.17. The molecule has 0 spiro atoms. The highest BCUT2D eigenvalue weighted by molar-refractivity contribution is 9.10. The van der Waals surface area contributed by atoms with Crippen molar-refractivity contribution in [2.75, 3.05) is 7.05 Å². The molecule has 0 saturated heterocycles. The first-order valence-electron chi connectivity index (χ1n) is 6.83. The molecule has 0 heterocycles. The maximum Gasteiger partial charge on any atom is 0.141 e. The summed E-state index contributed by atoms with van der Waals surface area (Å²) >= 11 is 9.64. The highest BCUT2D eigenvalue weighted by atomic mass is 79.9. The first-order valence-corrected chi connectivity index (χ1v) is 8.00. The number of benzene rings is 2. The van der Waals surface area contributed by atoms with Gasteiger partial charge in [-0.1, -0.05) is 17.7 Å². The van der Waals surface area contributed by atoms with Gasteiger partial charge >= 0.3 is 0 Å². The quantitative estimate of drug-likeness (QED) is 0.737. The Balaban J connectivity index is 2.33. The third-order valence-electron chi connectivity index (χ3n) is 3.53. The van der Waals surface area contributed by atoms with E-state index in [4.69, 9.17) is 16.3 Å². The molecule has 0 aliphatic rings. The average Bonchev–Trinajstić information content (AvgIpc) is 2.43. The molecule has 0 aliphatic carbocycles. The minimum absolute atomic E-state index is 0.300. The number of ether oxygens (including phenoxy) is 1. The molecular weight excluding hydrogens is 350 g/mol. The summed E-state index contributed by atoms with van der Waals surface area (Å²) in [4.78, 5) is 0. The van der Waals surface area contributed by atoms with Crippen LogP contribution in [0.25, 0.3) is 0 Å². The minimum atomic E-state index is 0.300. The molecule has 21 heavy (non-hydrogen) atoms. The van der Waals surface area contributed by atoms with E-state index >= 15 is 0 Å². The van der Waals surface area contributed by atoms with Gasteiger partial charge in [0.25, 0.3) is 0 Å². The SMILES string of the molecule is CNC(C)c1ccc(Oc2c(C)cc(Cl)cc2C)c(Br)c1. The molecule has 0 bridgehead atoms. The standard InChI is InChI=1S/C17H19BrClNO/c1-10-7-14(19)8-11(2)17(10)21-16-6-5-13(9-15(16)18)12(3)20-4/h5-9,12,20H,1-4H3. The number of nitrogens with one attached hydrogen (secondary N) is 1. The first-order chi connectivity index (χ1) is 9.92. The van der Waals surface area contributed by atoms with Crippen molar-refractivity contribution < 1.29 is 4.74 Å². The van der Waals surface area contributed by atoms with E-state index in [2.05, 4.69) is 40.3 Å². The van der Waals surface area contributed by atoms with Gasteiger partial charge in [-0.3, -0.25) is 0 Å². The van der Waals surface area contributed by atoms with Crippen molar-refractivity contribution >= 4 is 27.5 Å². The number of hydrogen-bond donors (Lipinski definition) is 1. The van der Waals surface area contributed by atoms with Gasteiger partial charge in [-0.2, -0.15) is 0 Å². The number of rotatable bonds is 4. The molecule has 2 rings (SSSR count). The zero-order valence-electron chi connectivity index (χ0n) is 12.6. The minimum Gasteiger partial charge on any atom is -0.456 e. The Labute approximate surface area is 139 Å². The van der Waals surface area contributed by atoms with E-state index in [0.717, 1.165) is 32.1 Å². The van der Waals surface area contributed by atoms with Gasteiger partial charge in [-0.15, -0.1) is 0 Å². The van der Waals surface area contributed by atoms with Crippen LogP contribution in [0.15, 0.2) is 34.8 Å². The molecule has 0 aliphatic heterocycles. The van der Waals surface area contributed by atoms with Crippen molar-refractivity contribution in [1.29, 1.82) is 0 Å². The molecule has 1 N–H and O–H groups in total. The normalized spacial score (nSPS) is 12.3. The third-order valence-corrected chi connectivity index (χ3v) is 4.36. The Bertz CT molecular complexity index is 634. The lowest BCUT2D eigenvalue weighted by Crippen LogP contribution is -2.12. The first kappa shape index (κ1) is 16.3. The molecule has 2 aromatic carbocycles. The summed E-state index contributed by atoms with van der Waals surface area (Å²) in [6, 6.07) is 10.3. The van der Waals surface area contributed by atoms with Crippen LogP contribution in [-0.2, 0) is 0 Å². The van der Waals surface area contributed by atoms with Crippen molar-refractivity contribution in [3.63, 3.8) is 0 Å². The topological polar surface area (TPSA) is 21.3 Å². The van der Waals surface area contributed by atoms with Gasteiger partial charge in [-0.25, -0.2) is 0 Å². The summed E-state index contributed by atoms with van der Waals surface area (Å²) < 4.78 is 7.01. The number of halogens is 2. The molecular formula is C17H19BrClNO. The summed E-state index contributed by atoms with van der Waals surface area (Å²) in [7, 11) is 1.95. The lowest BCUT2D eigenvalue weighted by atomic mass is 10.1. The van der Waals surface area contributed by atoms with Crippen LogP contribution in [0.4, 0.5) is 0 Å². The Kier molecular flexibility index (Phi) is 5.31. The summed E-state index contributed by atoms with van der Waals surface area (Å²) in [5.74, 6) is 1.66. The smallest absolute Gasteiger partial charge is 0.141 e. The molecule has 1 atom stereocenters. The van der Waals surface area contributed by atoms with Gasteiger partial charge in [0.2, 0.25) is 0 Å². The molecule has 0 aromatic heterocycles. The predicted molar refractivity (Wildman–Crippen MR) is 92.6 cm³/mol. The Morgan fingerprint density at radius 1 is 1.14 bits per heavy atom. The van der Waals surface area contributed by atoms with Gasteiger partial charge in [0, 0.05) is 11.1 Å². The fraction of sp³-hybridized carbons (Fsp3) is 0.294. The van der Waals surface area contributed by atoms with Crippen LogP contribution < -0.4 is 10.1 Å². The fourth-order valence-electron chi connectivity index (χ4n) is 2.20. The maximum atomic E-state index is 6.07.